The molecule has 6 nitrogen and oxygen atoms in total. The summed E-state index contributed by atoms with van der Waals surface area (Å²) >= 11 is 6.24. The molecule has 1 N–H and O–H groups in total. The third-order valence-electron chi connectivity index (χ3n) is 5.27. The van der Waals surface area contributed by atoms with Gasteiger partial charge in [-0.15, -0.1) is 12.4 Å². The minimum Gasteiger partial charge on any atom is -0.480 e. The summed E-state index contributed by atoms with van der Waals surface area (Å²) in [5.74, 6) is -0.684. The average molecular weight is 402 g/mol. The number of likely N-dealkylation sites (N-methyl/N-ethyl adjacent to an activating group) is 1. The largest absolute Gasteiger partial charge is 0.480 e. The van der Waals surface area contributed by atoms with Crippen LogP contribution in [0.4, 0.5) is 5.69 Å². The van der Waals surface area contributed by atoms with Crippen LogP contribution in [-0.2, 0) is 9.59 Å². The molecule has 2 fully saturated rings. The van der Waals surface area contributed by atoms with Crippen LogP contribution in [-0.4, -0.2) is 72.1 Å². The third kappa shape index (κ3) is 4.49. The van der Waals surface area contributed by atoms with Crippen molar-refractivity contribution in [3.05, 3.63) is 29.3 Å². The fraction of sp³-hybridized carbons (Fsp3) is 0.556. The summed E-state index contributed by atoms with van der Waals surface area (Å²) in [6.07, 6.45) is 2.58. The number of amides is 1. The number of carboxylic acids is 1. The van der Waals surface area contributed by atoms with Crippen LogP contribution in [0.1, 0.15) is 19.3 Å². The number of hydrogen-bond acceptors (Lipinski definition) is 4. The van der Waals surface area contributed by atoms with E-state index in [0.717, 1.165) is 38.0 Å². The van der Waals surface area contributed by atoms with Gasteiger partial charge in [0.2, 0.25) is 5.91 Å². The van der Waals surface area contributed by atoms with Crippen LogP contribution in [0.2, 0.25) is 5.02 Å². The van der Waals surface area contributed by atoms with Gasteiger partial charge in [0.15, 0.2) is 0 Å². The van der Waals surface area contributed by atoms with Crippen molar-refractivity contribution in [2.24, 2.45) is 0 Å². The predicted molar refractivity (Wildman–Crippen MR) is 104 cm³/mol. The maximum absolute atomic E-state index is 12.9. The molecule has 1 atom stereocenters. The first kappa shape index (κ1) is 21.0. The lowest BCUT2D eigenvalue weighted by Crippen LogP contribution is -2.50. The smallest absolute Gasteiger partial charge is 0.317 e. The van der Waals surface area contributed by atoms with E-state index in [9.17, 15) is 9.59 Å². The van der Waals surface area contributed by atoms with E-state index in [1.165, 1.54) is 0 Å². The van der Waals surface area contributed by atoms with Crippen molar-refractivity contribution in [3.8, 4) is 0 Å². The topological polar surface area (TPSA) is 64.1 Å². The van der Waals surface area contributed by atoms with Gasteiger partial charge < -0.3 is 10.0 Å². The molecule has 2 aliphatic rings. The maximum Gasteiger partial charge on any atom is 0.317 e. The molecular weight excluding hydrogens is 377 g/mol. The minimum atomic E-state index is -0.800. The van der Waals surface area contributed by atoms with Gasteiger partial charge in [-0.25, -0.2) is 0 Å². The number of carbonyl (C=O) groups excluding carboxylic acids is 1. The molecule has 2 aliphatic heterocycles. The number of benzene rings is 1. The summed E-state index contributed by atoms with van der Waals surface area (Å²) in [5, 5.41) is 9.52. The Morgan fingerprint density at radius 2 is 1.88 bits per heavy atom. The van der Waals surface area contributed by atoms with Crippen molar-refractivity contribution in [2.75, 3.05) is 38.1 Å². The number of carbonyl (C=O) groups is 2. The summed E-state index contributed by atoms with van der Waals surface area (Å²) in [7, 11) is 1.86. The SMILES string of the molecule is CN(CC(=O)O)C1CCN(C2CCN(c3ccccc3Cl)C2=O)CC1.Cl. The van der Waals surface area contributed by atoms with E-state index in [-0.39, 0.29) is 36.9 Å². The number of aliphatic carboxylic acids is 1. The van der Waals surface area contributed by atoms with Crippen LogP contribution in [0.15, 0.2) is 24.3 Å². The number of likely N-dealkylation sites (tertiary alicyclic amines) is 1. The summed E-state index contributed by atoms with van der Waals surface area (Å²) in [5.41, 5.74) is 0.785. The van der Waals surface area contributed by atoms with Gasteiger partial charge in [0.05, 0.1) is 23.3 Å². The Morgan fingerprint density at radius 1 is 1.23 bits per heavy atom. The number of carboxylic acid groups (broad SMARTS) is 1. The Balaban J connectivity index is 0.00000243. The number of nitrogens with zero attached hydrogens (tertiary/aromatic N) is 3. The summed E-state index contributed by atoms with van der Waals surface area (Å²) in [4.78, 5) is 29.6. The summed E-state index contributed by atoms with van der Waals surface area (Å²) in [6.45, 7) is 2.39. The fourth-order valence-corrected chi connectivity index (χ4v) is 4.13. The van der Waals surface area contributed by atoms with Gasteiger partial charge in [0.25, 0.3) is 0 Å². The average Bonchev–Trinajstić information content (AvgIpc) is 2.96. The normalized spacial score (nSPS) is 21.9. The quantitative estimate of drug-likeness (QED) is 0.819. The van der Waals surface area contributed by atoms with Gasteiger partial charge in [-0.3, -0.25) is 19.4 Å². The second kappa shape index (κ2) is 9.04. The van der Waals surface area contributed by atoms with Gasteiger partial charge in [-0.2, -0.15) is 0 Å². The molecule has 2 heterocycles. The lowest BCUT2D eigenvalue weighted by atomic mass is 10.0. The van der Waals surface area contributed by atoms with Crippen LogP contribution in [0.3, 0.4) is 0 Å². The molecule has 0 spiro atoms. The molecule has 144 valence electrons. The Hall–Kier alpha value is -1.34. The molecule has 0 aromatic heterocycles. The maximum atomic E-state index is 12.9. The molecule has 0 saturated carbocycles. The van der Waals surface area contributed by atoms with Gasteiger partial charge in [-0.1, -0.05) is 23.7 Å². The summed E-state index contributed by atoms with van der Waals surface area (Å²) in [6, 6.07) is 7.62. The molecule has 2 saturated heterocycles. The zero-order valence-corrected chi connectivity index (χ0v) is 16.4. The molecule has 3 rings (SSSR count). The van der Waals surface area contributed by atoms with E-state index in [2.05, 4.69) is 4.90 Å². The Morgan fingerprint density at radius 3 is 2.50 bits per heavy atom. The highest BCUT2D eigenvalue weighted by molar-refractivity contribution is 6.33. The van der Waals surface area contributed by atoms with E-state index < -0.39 is 5.97 Å². The summed E-state index contributed by atoms with van der Waals surface area (Å²) < 4.78 is 0. The van der Waals surface area contributed by atoms with E-state index in [1.807, 2.05) is 30.1 Å². The van der Waals surface area contributed by atoms with Crippen LogP contribution in [0.25, 0.3) is 0 Å². The van der Waals surface area contributed by atoms with E-state index >= 15 is 0 Å². The van der Waals surface area contributed by atoms with E-state index in [1.54, 1.807) is 11.0 Å². The molecule has 0 radical (unpaired) electrons. The van der Waals surface area contributed by atoms with E-state index in [0.29, 0.717) is 11.6 Å². The first-order valence-electron chi connectivity index (χ1n) is 8.69. The lowest BCUT2D eigenvalue weighted by Gasteiger charge is -2.38. The zero-order valence-electron chi connectivity index (χ0n) is 14.8. The fourth-order valence-electron chi connectivity index (χ4n) is 3.89. The van der Waals surface area contributed by atoms with Gasteiger partial charge >= 0.3 is 5.97 Å². The van der Waals surface area contributed by atoms with Crippen LogP contribution >= 0.6 is 24.0 Å². The van der Waals surface area contributed by atoms with Crippen molar-refractivity contribution in [1.29, 1.82) is 0 Å². The first-order chi connectivity index (χ1) is 12.0. The zero-order chi connectivity index (χ0) is 18.0. The molecule has 1 aromatic carbocycles. The predicted octanol–water partition coefficient (Wildman–Crippen LogP) is 2.35. The highest BCUT2D eigenvalue weighted by Gasteiger charge is 2.38. The molecule has 0 aliphatic carbocycles. The monoisotopic (exact) mass is 401 g/mol. The van der Waals surface area contributed by atoms with Crippen molar-refractivity contribution in [1.82, 2.24) is 9.80 Å². The van der Waals surface area contributed by atoms with Crippen molar-refractivity contribution < 1.29 is 14.7 Å². The number of hydrogen-bond donors (Lipinski definition) is 1. The number of piperidine rings is 1. The van der Waals surface area contributed by atoms with Crippen molar-refractivity contribution >= 4 is 41.6 Å². The Kier molecular flexibility index (Phi) is 7.29. The molecule has 8 heteroatoms. The van der Waals surface area contributed by atoms with Crippen LogP contribution < -0.4 is 4.90 Å². The molecule has 26 heavy (non-hydrogen) atoms. The minimum absolute atomic E-state index is 0. The third-order valence-corrected chi connectivity index (χ3v) is 5.59. The second-order valence-corrected chi connectivity index (χ2v) is 7.23. The Labute approximate surface area is 165 Å². The molecule has 1 amide bonds. The Bertz CT molecular complexity index is 650. The van der Waals surface area contributed by atoms with Crippen molar-refractivity contribution in [2.45, 2.75) is 31.3 Å². The van der Waals surface area contributed by atoms with Gasteiger partial charge in [0.1, 0.15) is 0 Å². The van der Waals surface area contributed by atoms with E-state index in [4.69, 9.17) is 16.7 Å². The standard InChI is InChI=1S/C18H24ClN3O3.ClH/c1-20(12-17(23)24)13-6-9-21(10-7-13)16-8-11-22(18(16)25)15-5-3-2-4-14(15)19;/h2-5,13,16H,6-12H2,1H3,(H,23,24);1H. The lowest BCUT2D eigenvalue weighted by molar-refractivity contribution is -0.138. The number of para-hydroxylation sites is 1. The number of rotatable bonds is 5. The van der Waals surface area contributed by atoms with Crippen molar-refractivity contribution in [3.63, 3.8) is 0 Å². The highest BCUT2D eigenvalue weighted by atomic mass is 35.5. The molecular formula is C18H25Cl2N3O3. The molecule has 1 aromatic rings. The van der Waals surface area contributed by atoms with Crippen LogP contribution in [0, 0.1) is 0 Å². The van der Waals surface area contributed by atoms with Gasteiger partial charge in [-0.05, 0) is 38.4 Å². The molecule has 0 bridgehead atoms. The highest BCUT2D eigenvalue weighted by Crippen LogP contribution is 2.31. The molecule has 1 unspecified atom stereocenters. The first-order valence-corrected chi connectivity index (χ1v) is 9.07. The van der Waals surface area contributed by atoms with Gasteiger partial charge in [0, 0.05) is 25.7 Å². The van der Waals surface area contributed by atoms with Crippen LogP contribution in [0.5, 0.6) is 0 Å². The second-order valence-electron chi connectivity index (χ2n) is 6.82. The number of anilines is 1. The number of halogens is 2.